The summed E-state index contributed by atoms with van der Waals surface area (Å²) >= 11 is 1.48. The average molecular weight is 291 g/mol. The second kappa shape index (κ2) is 5.96. The maximum atomic E-state index is 12.6. The molecule has 2 aromatic rings. The van der Waals surface area contributed by atoms with E-state index in [9.17, 15) is 4.79 Å². The predicted molar refractivity (Wildman–Crippen MR) is 81.1 cm³/mol. The number of hydrogen-bond acceptors (Lipinski definition) is 5. The largest absolute Gasteiger partial charge is 0.497 e. The van der Waals surface area contributed by atoms with Gasteiger partial charge in [-0.05, 0) is 24.6 Å². The van der Waals surface area contributed by atoms with E-state index in [2.05, 4.69) is 6.92 Å². The van der Waals surface area contributed by atoms with E-state index in [0.717, 1.165) is 6.42 Å². The lowest BCUT2D eigenvalue weighted by Gasteiger charge is -2.11. The van der Waals surface area contributed by atoms with Crippen molar-refractivity contribution in [2.45, 2.75) is 13.3 Å². The van der Waals surface area contributed by atoms with E-state index >= 15 is 0 Å². The number of anilines is 1. The molecule has 0 saturated carbocycles. The molecule has 0 bridgehead atoms. The first-order valence-corrected chi connectivity index (χ1v) is 7.07. The number of carbonyl (C=O) groups excluding carboxylic acids is 1. The normalized spacial score (nSPS) is 10.3. The van der Waals surface area contributed by atoms with Crippen LogP contribution in [0.4, 0.5) is 5.69 Å². The van der Waals surface area contributed by atoms with Gasteiger partial charge in [0.05, 0.1) is 30.3 Å². The summed E-state index contributed by atoms with van der Waals surface area (Å²) in [4.78, 5) is 14.4. The number of benzene rings is 1. The number of nitrogens with two attached hydrogens (primary N) is 1. The van der Waals surface area contributed by atoms with Gasteiger partial charge in [0, 0.05) is 10.9 Å². The molecule has 0 radical (unpaired) electrons. The molecule has 0 aliphatic carbocycles. The zero-order valence-electron chi connectivity index (χ0n) is 11.7. The molecule has 1 heterocycles. The third kappa shape index (κ3) is 2.63. The summed E-state index contributed by atoms with van der Waals surface area (Å²) in [5, 5.41) is 0. The highest BCUT2D eigenvalue weighted by Gasteiger charge is 2.18. The van der Waals surface area contributed by atoms with E-state index in [1.54, 1.807) is 19.2 Å². The van der Waals surface area contributed by atoms with Crippen molar-refractivity contribution < 1.29 is 14.3 Å². The molecule has 4 nitrogen and oxygen atoms in total. The lowest BCUT2D eigenvalue weighted by molar-refractivity contribution is 0.104. The highest BCUT2D eigenvalue weighted by molar-refractivity contribution is 7.14. The number of thiophene rings is 1. The Kier molecular flexibility index (Phi) is 4.29. The van der Waals surface area contributed by atoms with Crippen molar-refractivity contribution >= 4 is 22.8 Å². The van der Waals surface area contributed by atoms with Crippen LogP contribution in [0.2, 0.25) is 0 Å². The van der Waals surface area contributed by atoms with Crippen LogP contribution in [0.15, 0.2) is 24.3 Å². The topological polar surface area (TPSA) is 61.5 Å². The highest BCUT2D eigenvalue weighted by atomic mass is 32.1. The average Bonchev–Trinajstić information content (AvgIpc) is 2.95. The summed E-state index contributed by atoms with van der Waals surface area (Å²) in [6.45, 7) is 2.06. The van der Waals surface area contributed by atoms with Crippen LogP contribution < -0.4 is 15.2 Å². The Morgan fingerprint density at radius 2 is 2.00 bits per heavy atom. The van der Waals surface area contributed by atoms with Gasteiger partial charge < -0.3 is 15.2 Å². The lowest BCUT2D eigenvalue weighted by atomic mass is 10.1. The molecule has 2 N–H and O–H groups in total. The van der Waals surface area contributed by atoms with E-state index in [4.69, 9.17) is 15.2 Å². The molecule has 0 saturated heterocycles. The fourth-order valence-corrected chi connectivity index (χ4v) is 2.80. The molecular weight excluding hydrogens is 274 g/mol. The first-order chi connectivity index (χ1) is 9.60. The van der Waals surface area contributed by atoms with Crippen LogP contribution in [-0.4, -0.2) is 20.0 Å². The smallest absolute Gasteiger partial charge is 0.205 e. The number of nitrogen functional groups attached to an aromatic ring is 1. The number of methoxy groups -OCH3 is 2. The Balaban J connectivity index is 2.47. The second-order valence-corrected chi connectivity index (χ2v) is 5.41. The van der Waals surface area contributed by atoms with Crippen molar-refractivity contribution in [3.63, 3.8) is 0 Å². The fraction of sp³-hybridized carbons (Fsp3) is 0.267. The molecule has 0 amide bonds. The number of ketones is 1. The van der Waals surface area contributed by atoms with Crippen LogP contribution >= 0.6 is 11.3 Å². The minimum Gasteiger partial charge on any atom is -0.497 e. The number of aryl methyl sites for hydroxylation is 1. The molecule has 20 heavy (non-hydrogen) atoms. The molecule has 2 rings (SSSR count). The Hall–Kier alpha value is -2.01. The van der Waals surface area contributed by atoms with Crippen LogP contribution in [0.5, 0.6) is 11.5 Å². The van der Waals surface area contributed by atoms with Crippen LogP contribution in [0.25, 0.3) is 0 Å². The molecular formula is C15H17NO3S. The van der Waals surface area contributed by atoms with E-state index in [1.807, 2.05) is 12.1 Å². The molecule has 5 heteroatoms. The summed E-state index contributed by atoms with van der Waals surface area (Å²) in [5.41, 5.74) is 6.74. The SMILES string of the molecule is CCc1ccc(C(=O)c2cc(OC)cc(OC)c2N)s1. The molecule has 1 aromatic heterocycles. The maximum Gasteiger partial charge on any atom is 0.205 e. The van der Waals surface area contributed by atoms with Gasteiger partial charge in [0.1, 0.15) is 11.5 Å². The van der Waals surface area contributed by atoms with Crippen molar-refractivity contribution in [3.8, 4) is 11.5 Å². The van der Waals surface area contributed by atoms with E-state index in [-0.39, 0.29) is 5.78 Å². The third-order valence-electron chi connectivity index (χ3n) is 3.05. The fourth-order valence-electron chi connectivity index (χ4n) is 1.90. The molecule has 0 spiro atoms. The van der Waals surface area contributed by atoms with Crippen LogP contribution in [0.1, 0.15) is 27.0 Å². The van der Waals surface area contributed by atoms with Gasteiger partial charge in [0.2, 0.25) is 5.78 Å². The standard InChI is InChI=1S/C15H17NO3S/c1-4-10-5-6-13(20-10)15(17)11-7-9(18-2)8-12(19-3)14(11)16/h5-8H,4,16H2,1-3H3. The zero-order chi connectivity index (χ0) is 14.7. The minimum atomic E-state index is -0.107. The Labute approximate surface area is 122 Å². The lowest BCUT2D eigenvalue weighted by Crippen LogP contribution is -2.06. The first kappa shape index (κ1) is 14.4. The van der Waals surface area contributed by atoms with Crippen LogP contribution in [0.3, 0.4) is 0 Å². The first-order valence-electron chi connectivity index (χ1n) is 6.25. The maximum absolute atomic E-state index is 12.6. The molecule has 0 aliphatic rings. The Morgan fingerprint density at radius 3 is 2.55 bits per heavy atom. The van der Waals surface area contributed by atoms with Gasteiger partial charge in [-0.2, -0.15) is 0 Å². The van der Waals surface area contributed by atoms with Gasteiger partial charge in [0.25, 0.3) is 0 Å². The minimum absolute atomic E-state index is 0.107. The van der Waals surface area contributed by atoms with Gasteiger partial charge >= 0.3 is 0 Å². The molecule has 0 unspecified atom stereocenters. The van der Waals surface area contributed by atoms with Gasteiger partial charge in [-0.15, -0.1) is 11.3 Å². The van der Waals surface area contributed by atoms with E-state index in [0.29, 0.717) is 27.6 Å². The number of carbonyl (C=O) groups is 1. The van der Waals surface area contributed by atoms with Crippen molar-refractivity contribution in [1.82, 2.24) is 0 Å². The van der Waals surface area contributed by atoms with Gasteiger partial charge in [-0.25, -0.2) is 0 Å². The van der Waals surface area contributed by atoms with Crippen LogP contribution in [0, 0.1) is 0 Å². The Bertz CT molecular complexity index is 634. The summed E-state index contributed by atoms with van der Waals surface area (Å²) < 4.78 is 10.4. The number of ether oxygens (including phenoxy) is 2. The summed E-state index contributed by atoms with van der Waals surface area (Å²) in [7, 11) is 3.05. The number of rotatable bonds is 5. The van der Waals surface area contributed by atoms with Gasteiger partial charge in [-0.1, -0.05) is 6.92 Å². The quantitative estimate of drug-likeness (QED) is 0.679. The summed E-state index contributed by atoms with van der Waals surface area (Å²) in [5.74, 6) is 0.885. The van der Waals surface area contributed by atoms with Crippen molar-refractivity contribution in [2.75, 3.05) is 20.0 Å². The van der Waals surface area contributed by atoms with Crippen molar-refractivity contribution in [2.24, 2.45) is 0 Å². The molecule has 0 fully saturated rings. The van der Waals surface area contributed by atoms with E-state index < -0.39 is 0 Å². The molecule has 1 aromatic carbocycles. The van der Waals surface area contributed by atoms with Crippen LogP contribution in [-0.2, 0) is 6.42 Å². The van der Waals surface area contributed by atoms with Crippen molar-refractivity contribution in [1.29, 1.82) is 0 Å². The Morgan fingerprint density at radius 1 is 1.25 bits per heavy atom. The number of hydrogen-bond donors (Lipinski definition) is 1. The second-order valence-electron chi connectivity index (χ2n) is 4.24. The summed E-state index contributed by atoms with van der Waals surface area (Å²) in [6.07, 6.45) is 0.912. The summed E-state index contributed by atoms with van der Waals surface area (Å²) in [6, 6.07) is 7.10. The monoisotopic (exact) mass is 291 g/mol. The van der Waals surface area contributed by atoms with Crippen molar-refractivity contribution in [3.05, 3.63) is 39.6 Å². The third-order valence-corrected chi connectivity index (χ3v) is 4.28. The molecule has 0 atom stereocenters. The van der Waals surface area contributed by atoms with Gasteiger partial charge in [0.15, 0.2) is 0 Å². The zero-order valence-corrected chi connectivity index (χ0v) is 12.5. The molecule has 0 aliphatic heterocycles. The molecule has 106 valence electrons. The van der Waals surface area contributed by atoms with E-state index in [1.165, 1.54) is 23.3 Å². The predicted octanol–water partition coefficient (Wildman–Crippen LogP) is 3.14. The van der Waals surface area contributed by atoms with Gasteiger partial charge in [-0.3, -0.25) is 4.79 Å². The highest BCUT2D eigenvalue weighted by Crippen LogP contribution is 2.33.